The zero-order valence-corrected chi connectivity index (χ0v) is 6.23. The van der Waals surface area contributed by atoms with Gasteiger partial charge in [0, 0.05) is 10.6 Å². The Morgan fingerprint density at radius 2 is 1.73 bits per heavy atom. The maximum atomic E-state index is 8.81. The molecule has 60 valence electrons. The van der Waals surface area contributed by atoms with Crippen molar-refractivity contribution in [3.8, 4) is 0 Å². The van der Waals surface area contributed by atoms with Gasteiger partial charge in [-0.1, -0.05) is 18.2 Å². The van der Waals surface area contributed by atoms with Gasteiger partial charge in [0.1, 0.15) is 0 Å². The van der Waals surface area contributed by atoms with Crippen molar-refractivity contribution in [2.75, 3.05) is 12.8 Å². The highest BCUT2D eigenvalue weighted by Gasteiger charge is 1.72. The van der Waals surface area contributed by atoms with Crippen molar-refractivity contribution in [1.82, 2.24) is 0 Å². The summed E-state index contributed by atoms with van der Waals surface area (Å²) in [4.78, 5) is 8.31. The van der Waals surface area contributed by atoms with Gasteiger partial charge in [0.25, 0.3) is 0 Å². The molecule has 1 aromatic carbocycles. The molecule has 0 saturated heterocycles. The first-order valence-electron chi connectivity index (χ1n) is 3.01. The monoisotopic (exact) mass is 154 g/mol. The Kier molecular flexibility index (Phi) is 4.47. The van der Waals surface area contributed by atoms with E-state index >= 15 is 0 Å². The summed E-state index contributed by atoms with van der Waals surface area (Å²) in [6, 6.07) is 9.49. The van der Waals surface area contributed by atoms with Crippen molar-refractivity contribution in [2.24, 2.45) is 0 Å². The summed E-state index contributed by atoms with van der Waals surface area (Å²) in [6.45, 7) is 0. The van der Waals surface area contributed by atoms with Crippen LogP contribution in [-0.2, 0) is 0 Å². The van der Waals surface area contributed by atoms with Crippen LogP contribution in [0.3, 0.4) is 0 Å². The van der Waals surface area contributed by atoms with Gasteiger partial charge in [-0.15, -0.1) is 0 Å². The lowest BCUT2D eigenvalue weighted by Crippen LogP contribution is -1.79. The lowest BCUT2D eigenvalue weighted by atomic mass is 10.3. The molecule has 0 aliphatic rings. The van der Waals surface area contributed by atoms with E-state index in [4.69, 9.17) is 15.8 Å². The maximum Gasteiger partial charge on any atom is 0.194 e. The standard InChI is InChI=1S/C6H7N.CH3NO2/c7-6-4-2-1-3-5-6;1-2(3)4/h1-5H,7H2;1H3. The number of nitrogens with zero attached hydrogens (tertiary/aromatic N) is 1. The average molecular weight is 154 g/mol. The van der Waals surface area contributed by atoms with Crippen LogP contribution in [0.25, 0.3) is 0 Å². The molecule has 4 nitrogen and oxygen atoms in total. The minimum atomic E-state index is -0.500. The molecule has 0 spiro atoms. The molecule has 0 aromatic heterocycles. The van der Waals surface area contributed by atoms with Crippen LogP contribution in [0.2, 0.25) is 0 Å². The number of nitrogens with two attached hydrogens (primary N) is 1. The van der Waals surface area contributed by atoms with Gasteiger partial charge in [0.2, 0.25) is 0 Å². The van der Waals surface area contributed by atoms with E-state index in [9.17, 15) is 0 Å². The van der Waals surface area contributed by atoms with Gasteiger partial charge >= 0.3 is 0 Å². The first-order chi connectivity index (χ1) is 5.13. The molecule has 1 rings (SSSR count). The van der Waals surface area contributed by atoms with Gasteiger partial charge in [0.15, 0.2) is 7.05 Å². The van der Waals surface area contributed by atoms with Gasteiger partial charge in [-0.05, 0) is 12.1 Å². The molecule has 0 fully saturated rings. The van der Waals surface area contributed by atoms with E-state index in [2.05, 4.69) is 0 Å². The number of hydrogen-bond acceptors (Lipinski definition) is 3. The number of nitro groups is 1. The molecule has 0 amide bonds. The predicted molar refractivity (Wildman–Crippen MR) is 43.8 cm³/mol. The molecular formula is C7H10N2O2. The van der Waals surface area contributed by atoms with E-state index in [-0.39, 0.29) is 0 Å². The summed E-state index contributed by atoms with van der Waals surface area (Å²) in [5.74, 6) is 0. The van der Waals surface area contributed by atoms with Crippen molar-refractivity contribution >= 4 is 5.69 Å². The lowest BCUT2D eigenvalue weighted by molar-refractivity contribution is -0.445. The topological polar surface area (TPSA) is 69.2 Å². The lowest BCUT2D eigenvalue weighted by Gasteiger charge is -1.83. The normalized spacial score (nSPS) is 7.73. The molecule has 11 heavy (non-hydrogen) atoms. The molecule has 0 atom stereocenters. The molecule has 0 aliphatic carbocycles. The third kappa shape index (κ3) is 8.42. The molecule has 0 heterocycles. The number of anilines is 1. The molecule has 0 bridgehead atoms. The first kappa shape index (κ1) is 9.42. The van der Waals surface area contributed by atoms with Crippen molar-refractivity contribution in [1.29, 1.82) is 0 Å². The Bertz CT molecular complexity index is 207. The third-order valence-corrected chi connectivity index (χ3v) is 0.800. The van der Waals surface area contributed by atoms with E-state index in [0.29, 0.717) is 0 Å². The molecule has 2 N–H and O–H groups in total. The Hall–Kier alpha value is -1.58. The summed E-state index contributed by atoms with van der Waals surface area (Å²) >= 11 is 0. The zero-order valence-electron chi connectivity index (χ0n) is 6.23. The van der Waals surface area contributed by atoms with Crippen molar-refractivity contribution in [2.45, 2.75) is 0 Å². The average Bonchev–Trinajstić information content (AvgIpc) is 1.87. The Morgan fingerprint density at radius 3 is 1.91 bits per heavy atom. The smallest absolute Gasteiger partial charge is 0.194 e. The molecule has 0 aliphatic heterocycles. The van der Waals surface area contributed by atoms with Crippen LogP contribution in [0.5, 0.6) is 0 Å². The van der Waals surface area contributed by atoms with Crippen LogP contribution in [0.1, 0.15) is 0 Å². The van der Waals surface area contributed by atoms with E-state index < -0.39 is 4.92 Å². The highest BCUT2D eigenvalue weighted by atomic mass is 16.6. The minimum Gasteiger partial charge on any atom is -0.399 e. The Labute approximate surface area is 64.8 Å². The van der Waals surface area contributed by atoms with Crippen LogP contribution in [0.15, 0.2) is 30.3 Å². The SMILES string of the molecule is C[N+](=O)[O-].Nc1ccccc1. The van der Waals surface area contributed by atoms with E-state index in [0.717, 1.165) is 12.7 Å². The zero-order chi connectivity index (χ0) is 8.69. The Balaban J connectivity index is 0.000000218. The van der Waals surface area contributed by atoms with Crippen molar-refractivity contribution in [3.63, 3.8) is 0 Å². The second-order valence-corrected chi connectivity index (χ2v) is 1.85. The van der Waals surface area contributed by atoms with Crippen molar-refractivity contribution < 1.29 is 4.92 Å². The largest absolute Gasteiger partial charge is 0.399 e. The van der Waals surface area contributed by atoms with Gasteiger partial charge in [-0.2, -0.15) is 0 Å². The quantitative estimate of drug-likeness (QED) is 0.346. The van der Waals surface area contributed by atoms with Crippen LogP contribution in [0.4, 0.5) is 5.69 Å². The molecule has 1 aromatic rings. The second-order valence-electron chi connectivity index (χ2n) is 1.85. The van der Waals surface area contributed by atoms with Gasteiger partial charge < -0.3 is 5.73 Å². The molecule has 4 heteroatoms. The fourth-order valence-electron chi connectivity index (χ4n) is 0.453. The van der Waals surface area contributed by atoms with Crippen LogP contribution in [-0.4, -0.2) is 12.0 Å². The summed E-state index contributed by atoms with van der Waals surface area (Å²) in [5, 5.41) is 8.81. The number of rotatable bonds is 0. The highest BCUT2D eigenvalue weighted by molar-refractivity contribution is 5.35. The van der Waals surface area contributed by atoms with E-state index in [1.54, 1.807) is 0 Å². The molecular weight excluding hydrogens is 144 g/mol. The molecule has 0 radical (unpaired) electrons. The summed E-state index contributed by atoms with van der Waals surface area (Å²) in [5.41, 5.74) is 6.18. The highest BCUT2D eigenvalue weighted by Crippen LogP contribution is 1.95. The Morgan fingerprint density at radius 1 is 1.36 bits per heavy atom. The summed E-state index contributed by atoms with van der Waals surface area (Å²) < 4.78 is 0. The van der Waals surface area contributed by atoms with Gasteiger partial charge in [-0.25, -0.2) is 0 Å². The fraction of sp³-hybridized carbons (Fsp3) is 0.143. The van der Waals surface area contributed by atoms with Gasteiger partial charge in [0.05, 0.1) is 0 Å². The van der Waals surface area contributed by atoms with E-state index in [1.807, 2.05) is 30.3 Å². The summed E-state index contributed by atoms with van der Waals surface area (Å²) in [7, 11) is 0.889. The molecule has 0 unspecified atom stereocenters. The number of hydrogen-bond donors (Lipinski definition) is 1. The van der Waals surface area contributed by atoms with Crippen LogP contribution >= 0.6 is 0 Å². The maximum absolute atomic E-state index is 8.81. The predicted octanol–water partition coefficient (Wildman–Crippen LogP) is 1.16. The first-order valence-corrected chi connectivity index (χ1v) is 3.01. The number of para-hydroxylation sites is 1. The number of benzene rings is 1. The molecule has 0 saturated carbocycles. The summed E-state index contributed by atoms with van der Waals surface area (Å²) in [6.07, 6.45) is 0. The van der Waals surface area contributed by atoms with Crippen molar-refractivity contribution in [3.05, 3.63) is 40.4 Å². The van der Waals surface area contributed by atoms with Crippen LogP contribution in [0, 0.1) is 10.1 Å². The third-order valence-electron chi connectivity index (χ3n) is 0.800. The second kappa shape index (κ2) is 5.22. The van der Waals surface area contributed by atoms with Gasteiger partial charge in [-0.3, -0.25) is 10.1 Å². The minimum absolute atomic E-state index is 0.500. The van der Waals surface area contributed by atoms with E-state index in [1.165, 1.54) is 0 Å². The fourth-order valence-corrected chi connectivity index (χ4v) is 0.453. The van der Waals surface area contributed by atoms with Crippen LogP contribution < -0.4 is 5.73 Å². The number of nitrogen functional groups attached to an aromatic ring is 1.